The molecule has 3 rings (SSSR count). The highest BCUT2D eigenvalue weighted by molar-refractivity contribution is 6.30. The lowest BCUT2D eigenvalue weighted by Gasteiger charge is -2.18. The Morgan fingerprint density at radius 3 is 2.17 bits per heavy atom. The maximum Gasteiger partial charge on any atom is 0.252 e. The number of ketones is 1. The summed E-state index contributed by atoms with van der Waals surface area (Å²) in [5.41, 5.74) is 3.59. The van der Waals surface area contributed by atoms with Crippen LogP contribution in [0.25, 0.3) is 16.0 Å². The number of hydrogen-bond donors (Lipinski definition) is 1. The number of allylic oxidation sites excluding steroid dienone is 2. The molecule has 4 heteroatoms. The number of carbonyl (C=O) groups excluding carboxylic acids is 1. The first-order valence-corrected chi connectivity index (χ1v) is 8.32. The fourth-order valence-corrected chi connectivity index (χ4v) is 2.93. The second-order valence-electron chi connectivity index (χ2n) is 5.74. The van der Waals surface area contributed by atoms with Gasteiger partial charge in [-0.05, 0) is 42.5 Å². The number of benzene rings is 2. The minimum Gasteiger partial charge on any atom is -0.397 e. The first-order chi connectivity index (χ1) is 11.7. The largest absolute Gasteiger partial charge is 0.397 e. The minimum atomic E-state index is -0.211. The third kappa shape index (κ3) is 3.50. The predicted molar refractivity (Wildman–Crippen MR) is 96.7 cm³/mol. The summed E-state index contributed by atoms with van der Waals surface area (Å²) in [5, 5.41) is 3.89. The Morgan fingerprint density at radius 1 is 1.00 bits per heavy atom. The van der Waals surface area contributed by atoms with Gasteiger partial charge in [-0.15, -0.1) is 0 Å². The first-order valence-electron chi connectivity index (χ1n) is 7.94. The molecule has 0 amide bonds. The Bertz CT molecular complexity index is 806. The van der Waals surface area contributed by atoms with Crippen LogP contribution in [-0.2, 0) is 0 Å². The highest BCUT2D eigenvalue weighted by Gasteiger charge is 2.19. The average Bonchev–Trinajstić information content (AvgIpc) is 2.64. The topological polar surface area (TPSA) is 33.5 Å². The van der Waals surface area contributed by atoms with Crippen LogP contribution in [0.4, 0.5) is 0 Å². The molecule has 0 radical (unpaired) electrons. The Morgan fingerprint density at radius 2 is 1.62 bits per heavy atom. The summed E-state index contributed by atoms with van der Waals surface area (Å²) < 4.78 is 0. The van der Waals surface area contributed by atoms with Crippen molar-refractivity contribution < 1.29 is 4.79 Å². The number of piperidine rings is 1. The standard InChI is InChI=1S/C20H17ClN2O/c1-22-19(18-4-2-3-13-23-18)20(24)16-7-5-14(6-8-16)15-9-11-17(21)12-10-15/h5-12,23H,2-4,13H2/b19-18+. The van der Waals surface area contributed by atoms with Crippen molar-refractivity contribution in [1.29, 1.82) is 0 Å². The van der Waals surface area contributed by atoms with Gasteiger partial charge >= 0.3 is 0 Å². The van der Waals surface area contributed by atoms with Crippen molar-refractivity contribution in [2.24, 2.45) is 0 Å². The number of nitrogens with zero attached hydrogens (tertiary/aromatic N) is 1. The SMILES string of the molecule is [C-]#[N+]/C(C(=O)c1ccc(-c2ccc(Cl)cc2)cc1)=C1\CCCCN1. The van der Waals surface area contributed by atoms with Gasteiger partial charge in [-0.3, -0.25) is 0 Å². The van der Waals surface area contributed by atoms with E-state index in [1.54, 1.807) is 12.1 Å². The summed E-state index contributed by atoms with van der Waals surface area (Å²) in [5.74, 6) is -0.211. The molecule has 1 saturated heterocycles. The van der Waals surface area contributed by atoms with Crippen LogP contribution >= 0.6 is 11.6 Å². The van der Waals surface area contributed by atoms with Crippen molar-refractivity contribution in [3.63, 3.8) is 0 Å². The maximum absolute atomic E-state index is 12.6. The summed E-state index contributed by atoms with van der Waals surface area (Å²) in [6.07, 6.45) is 2.87. The van der Waals surface area contributed by atoms with Crippen molar-refractivity contribution in [3.05, 3.63) is 81.9 Å². The van der Waals surface area contributed by atoms with Crippen molar-refractivity contribution in [2.45, 2.75) is 19.3 Å². The predicted octanol–water partition coefficient (Wildman–Crippen LogP) is 5.09. The Labute approximate surface area is 146 Å². The van der Waals surface area contributed by atoms with Gasteiger partial charge in [0, 0.05) is 22.8 Å². The molecule has 0 spiro atoms. The Balaban J connectivity index is 1.86. The molecule has 1 aliphatic rings. The van der Waals surface area contributed by atoms with Crippen molar-refractivity contribution >= 4 is 17.4 Å². The lowest BCUT2D eigenvalue weighted by molar-refractivity contribution is 0.103. The molecule has 120 valence electrons. The van der Waals surface area contributed by atoms with E-state index in [0.29, 0.717) is 10.6 Å². The van der Waals surface area contributed by atoms with Crippen molar-refractivity contribution in [3.8, 4) is 11.1 Å². The second-order valence-corrected chi connectivity index (χ2v) is 6.17. The van der Waals surface area contributed by atoms with Crippen LogP contribution < -0.4 is 5.32 Å². The van der Waals surface area contributed by atoms with E-state index in [-0.39, 0.29) is 11.5 Å². The Kier molecular flexibility index (Phi) is 4.98. The summed E-state index contributed by atoms with van der Waals surface area (Å²) in [7, 11) is 0. The zero-order chi connectivity index (χ0) is 16.9. The molecular formula is C20H17ClN2O. The van der Waals surface area contributed by atoms with E-state index in [2.05, 4.69) is 10.2 Å². The van der Waals surface area contributed by atoms with Crippen LogP contribution in [0, 0.1) is 6.57 Å². The number of rotatable bonds is 3. The van der Waals surface area contributed by atoms with Crippen molar-refractivity contribution in [2.75, 3.05) is 6.54 Å². The zero-order valence-corrected chi connectivity index (χ0v) is 13.9. The van der Waals surface area contributed by atoms with Crippen LogP contribution in [-0.4, -0.2) is 12.3 Å². The third-order valence-corrected chi connectivity index (χ3v) is 4.38. The van der Waals surface area contributed by atoms with Gasteiger partial charge in [0.15, 0.2) is 5.78 Å². The van der Waals surface area contributed by atoms with Crippen LogP contribution in [0.15, 0.2) is 59.9 Å². The third-order valence-electron chi connectivity index (χ3n) is 4.13. The van der Waals surface area contributed by atoms with Crippen LogP contribution in [0.3, 0.4) is 0 Å². The summed E-state index contributed by atoms with van der Waals surface area (Å²) >= 11 is 5.91. The minimum absolute atomic E-state index is 0.211. The summed E-state index contributed by atoms with van der Waals surface area (Å²) in [6, 6.07) is 14.9. The monoisotopic (exact) mass is 336 g/mol. The molecule has 0 atom stereocenters. The van der Waals surface area contributed by atoms with E-state index < -0.39 is 0 Å². The molecule has 1 aliphatic heterocycles. The van der Waals surface area contributed by atoms with E-state index in [4.69, 9.17) is 18.2 Å². The molecule has 1 fully saturated rings. The quantitative estimate of drug-likeness (QED) is 0.481. The molecule has 2 aromatic carbocycles. The fourth-order valence-electron chi connectivity index (χ4n) is 2.80. The van der Waals surface area contributed by atoms with Crippen LogP contribution in [0.5, 0.6) is 0 Å². The van der Waals surface area contributed by atoms with E-state index in [0.717, 1.165) is 42.6 Å². The summed E-state index contributed by atoms with van der Waals surface area (Å²) in [4.78, 5) is 16.1. The normalized spacial score (nSPS) is 16.0. The van der Waals surface area contributed by atoms with Gasteiger partial charge in [0.2, 0.25) is 0 Å². The maximum atomic E-state index is 12.6. The van der Waals surface area contributed by atoms with Crippen LogP contribution in [0.1, 0.15) is 29.6 Å². The van der Waals surface area contributed by atoms with Crippen molar-refractivity contribution in [1.82, 2.24) is 5.32 Å². The number of Topliss-reactive ketones (excluding diaryl/α,β-unsaturated/α-hetero) is 1. The molecule has 0 aliphatic carbocycles. The van der Waals surface area contributed by atoms with Crippen LogP contribution in [0.2, 0.25) is 5.02 Å². The van der Waals surface area contributed by atoms with Gasteiger partial charge in [0.25, 0.3) is 5.70 Å². The number of carbonyl (C=O) groups is 1. The van der Waals surface area contributed by atoms with E-state index in [1.165, 1.54) is 0 Å². The second kappa shape index (κ2) is 7.33. The number of hydrogen-bond acceptors (Lipinski definition) is 2. The lowest BCUT2D eigenvalue weighted by atomic mass is 9.99. The van der Waals surface area contributed by atoms with Gasteiger partial charge in [-0.25, -0.2) is 4.85 Å². The molecule has 3 nitrogen and oxygen atoms in total. The van der Waals surface area contributed by atoms with Gasteiger partial charge in [0.1, 0.15) is 0 Å². The molecular weight excluding hydrogens is 320 g/mol. The number of nitrogens with one attached hydrogen (secondary N) is 1. The number of halogens is 1. The van der Waals surface area contributed by atoms with E-state index >= 15 is 0 Å². The highest BCUT2D eigenvalue weighted by atomic mass is 35.5. The lowest BCUT2D eigenvalue weighted by Crippen LogP contribution is -2.23. The van der Waals surface area contributed by atoms with Gasteiger partial charge < -0.3 is 10.1 Å². The fraction of sp³-hybridized carbons (Fsp3) is 0.200. The molecule has 0 bridgehead atoms. The Hall–Kier alpha value is -2.57. The molecule has 0 saturated carbocycles. The van der Waals surface area contributed by atoms with E-state index in [9.17, 15) is 4.79 Å². The summed E-state index contributed by atoms with van der Waals surface area (Å²) in [6.45, 7) is 8.20. The van der Waals surface area contributed by atoms with Gasteiger partial charge in [-0.2, -0.15) is 0 Å². The molecule has 1 heterocycles. The average molecular weight is 337 g/mol. The smallest absolute Gasteiger partial charge is 0.252 e. The molecule has 1 N–H and O–H groups in total. The molecule has 2 aromatic rings. The first kappa shape index (κ1) is 16.3. The molecule has 24 heavy (non-hydrogen) atoms. The highest BCUT2D eigenvalue weighted by Crippen LogP contribution is 2.24. The molecule has 0 aromatic heterocycles. The van der Waals surface area contributed by atoms with Gasteiger partial charge in [-0.1, -0.05) is 48.0 Å². The van der Waals surface area contributed by atoms with E-state index in [1.807, 2.05) is 36.4 Å². The van der Waals surface area contributed by atoms with Gasteiger partial charge in [0.05, 0.1) is 6.57 Å². The molecule has 0 unspecified atom stereocenters. The zero-order valence-electron chi connectivity index (χ0n) is 13.2.